The van der Waals surface area contributed by atoms with E-state index in [1.54, 1.807) is 37.3 Å². The maximum absolute atomic E-state index is 13.9. The number of fused-ring (bicyclic) bond motifs is 2. The van der Waals surface area contributed by atoms with Crippen LogP contribution in [0.2, 0.25) is 0 Å². The molecule has 1 aromatic rings. The predicted molar refractivity (Wildman–Crippen MR) is 176 cm³/mol. The molecular formula is C37H48O14. The summed E-state index contributed by atoms with van der Waals surface area (Å²) in [4.78, 5) is 53.7. The van der Waals surface area contributed by atoms with Crippen molar-refractivity contribution < 1.29 is 68.4 Å². The van der Waals surface area contributed by atoms with Crippen molar-refractivity contribution in [1.82, 2.24) is 0 Å². The Morgan fingerprint density at radius 1 is 0.980 bits per heavy atom. The number of Topliss-reactive ketones (excluding diaryl/α,β-unsaturated/α-hetero) is 1. The molecule has 0 aromatic heterocycles. The first-order valence-electron chi connectivity index (χ1n) is 17.0. The molecule has 1 saturated heterocycles. The molecule has 2 saturated carbocycles. The molecule has 1 aliphatic heterocycles. The van der Waals surface area contributed by atoms with Gasteiger partial charge < -0.3 is 49.2 Å². The second-order valence-electron chi connectivity index (χ2n) is 14.8. The zero-order valence-corrected chi connectivity index (χ0v) is 29.6. The average molecular weight is 717 g/mol. The zero-order valence-electron chi connectivity index (χ0n) is 29.6. The van der Waals surface area contributed by atoms with E-state index in [1.165, 1.54) is 34.6 Å². The molecule has 280 valence electrons. The predicted octanol–water partition coefficient (Wildman–Crippen LogP) is 1.29. The van der Waals surface area contributed by atoms with Crippen LogP contribution < -0.4 is 0 Å². The smallest absolute Gasteiger partial charge is 0.338 e. The lowest BCUT2D eigenvalue weighted by Gasteiger charge is -2.54. The van der Waals surface area contributed by atoms with Crippen LogP contribution >= 0.6 is 0 Å². The molecule has 4 aliphatic rings. The van der Waals surface area contributed by atoms with Crippen LogP contribution in [0.4, 0.5) is 0 Å². The lowest BCUT2D eigenvalue weighted by atomic mass is 9.55. The molecule has 14 nitrogen and oxygen atoms in total. The summed E-state index contributed by atoms with van der Waals surface area (Å²) in [7, 11) is 0. The van der Waals surface area contributed by atoms with Crippen molar-refractivity contribution in [2.75, 3.05) is 6.61 Å². The summed E-state index contributed by atoms with van der Waals surface area (Å²) in [6, 6.07) is 8.09. The molecule has 0 bridgehead atoms. The number of carbonyl (C=O) groups is 4. The van der Waals surface area contributed by atoms with Crippen molar-refractivity contribution >= 4 is 23.7 Å². The van der Waals surface area contributed by atoms with Gasteiger partial charge in [-0.15, -0.1) is 0 Å². The molecule has 5 N–H and O–H groups in total. The summed E-state index contributed by atoms with van der Waals surface area (Å²) in [5, 5.41) is 53.5. The van der Waals surface area contributed by atoms with Crippen LogP contribution in [-0.2, 0) is 38.1 Å². The normalized spacial score (nSPS) is 38.3. The SMILES string of the molecule is C=C1[C@@H](O[C@@H]2O[C@@H](CO)[C@@H](O)[C@H](O)[C@H]2O)CC[C@@]2(C)[C@H](OC(C)=O)[C@H](OC(=O)c3ccccc3)C3=C(C)C(=O)C[C@@]3(C(C)(C)O)[C@H](OC(C)=O)[C@H]12. The summed E-state index contributed by atoms with van der Waals surface area (Å²) in [5.41, 5.74) is -4.13. The van der Waals surface area contributed by atoms with Gasteiger partial charge in [-0.3, -0.25) is 14.4 Å². The molecule has 0 amide bonds. The molecule has 14 heteroatoms. The number of ketones is 1. The third kappa shape index (κ3) is 6.56. The fourth-order valence-electron chi connectivity index (χ4n) is 8.73. The summed E-state index contributed by atoms with van der Waals surface area (Å²) < 4.78 is 30.3. The van der Waals surface area contributed by atoms with E-state index in [1.807, 2.05) is 0 Å². The average Bonchev–Trinajstić information content (AvgIpc) is 3.30. The molecule has 3 aliphatic carbocycles. The largest absolute Gasteiger partial charge is 0.461 e. The number of aliphatic hydroxyl groups is 5. The van der Waals surface area contributed by atoms with Crippen molar-refractivity contribution in [3.8, 4) is 0 Å². The highest BCUT2D eigenvalue weighted by Gasteiger charge is 2.72. The van der Waals surface area contributed by atoms with Crippen LogP contribution in [0.1, 0.15) is 71.2 Å². The van der Waals surface area contributed by atoms with Gasteiger partial charge in [-0.25, -0.2) is 4.79 Å². The number of carbonyl (C=O) groups excluding carboxylic acids is 4. The van der Waals surface area contributed by atoms with Crippen molar-refractivity contribution in [3.63, 3.8) is 0 Å². The van der Waals surface area contributed by atoms with Gasteiger partial charge in [0.2, 0.25) is 0 Å². The topological polar surface area (TPSA) is 216 Å². The lowest BCUT2D eigenvalue weighted by Crippen LogP contribution is -2.61. The third-order valence-electron chi connectivity index (χ3n) is 11.3. The molecule has 0 radical (unpaired) electrons. The van der Waals surface area contributed by atoms with Crippen molar-refractivity contribution in [2.24, 2.45) is 16.7 Å². The molecule has 51 heavy (non-hydrogen) atoms. The van der Waals surface area contributed by atoms with E-state index in [0.717, 1.165) is 0 Å². The van der Waals surface area contributed by atoms with E-state index >= 15 is 0 Å². The first-order valence-corrected chi connectivity index (χ1v) is 17.0. The minimum atomic E-state index is -1.84. The van der Waals surface area contributed by atoms with Gasteiger partial charge in [-0.05, 0) is 62.5 Å². The van der Waals surface area contributed by atoms with Crippen LogP contribution in [0.25, 0.3) is 0 Å². The Hall–Kier alpha value is -3.50. The number of benzene rings is 1. The Morgan fingerprint density at radius 2 is 1.59 bits per heavy atom. The Labute approximate surface area is 296 Å². The zero-order chi connectivity index (χ0) is 37.8. The molecule has 1 aromatic carbocycles. The van der Waals surface area contributed by atoms with Crippen LogP contribution in [0.3, 0.4) is 0 Å². The van der Waals surface area contributed by atoms with E-state index in [9.17, 15) is 44.7 Å². The van der Waals surface area contributed by atoms with Crippen LogP contribution in [0.15, 0.2) is 53.6 Å². The fourth-order valence-corrected chi connectivity index (χ4v) is 8.73. The van der Waals surface area contributed by atoms with Gasteiger partial charge in [0.1, 0.15) is 36.6 Å². The number of hydrogen-bond acceptors (Lipinski definition) is 14. The van der Waals surface area contributed by atoms with Crippen molar-refractivity contribution in [2.45, 2.75) is 122 Å². The van der Waals surface area contributed by atoms with E-state index in [2.05, 4.69) is 6.58 Å². The van der Waals surface area contributed by atoms with Crippen LogP contribution in [0.5, 0.6) is 0 Å². The summed E-state index contributed by atoms with van der Waals surface area (Å²) in [6.45, 7) is 12.2. The number of rotatable bonds is 8. The Bertz CT molecular complexity index is 1580. The maximum atomic E-state index is 13.9. The Balaban J connectivity index is 1.72. The number of hydrogen-bond donors (Lipinski definition) is 5. The second kappa shape index (κ2) is 14.1. The van der Waals surface area contributed by atoms with E-state index in [4.69, 9.17) is 23.7 Å². The molecule has 0 spiro atoms. The van der Waals surface area contributed by atoms with Gasteiger partial charge in [-0.2, -0.15) is 0 Å². The molecule has 3 fully saturated rings. The lowest BCUT2D eigenvalue weighted by molar-refractivity contribution is -0.311. The molecule has 1 heterocycles. The number of aliphatic hydroxyl groups excluding tert-OH is 4. The quantitative estimate of drug-likeness (QED) is 0.146. The summed E-state index contributed by atoms with van der Waals surface area (Å²) in [6.07, 6.45) is -13.1. The van der Waals surface area contributed by atoms with Gasteiger partial charge in [0.05, 0.1) is 29.3 Å². The van der Waals surface area contributed by atoms with Gasteiger partial charge >= 0.3 is 17.9 Å². The summed E-state index contributed by atoms with van der Waals surface area (Å²) >= 11 is 0. The Morgan fingerprint density at radius 3 is 2.16 bits per heavy atom. The van der Waals surface area contributed by atoms with Crippen molar-refractivity contribution in [1.29, 1.82) is 0 Å². The molecule has 12 atom stereocenters. The maximum Gasteiger partial charge on any atom is 0.338 e. The number of allylic oxidation sites excluding steroid dienone is 1. The molecular weight excluding hydrogens is 668 g/mol. The number of ether oxygens (including phenoxy) is 5. The van der Waals surface area contributed by atoms with Crippen LogP contribution in [0, 0.1) is 16.7 Å². The minimum Gasteiger partial charge on any atom is -0.461 e. The monoisotopic (exact) mass is 716 g/mol. The highest BCUT2D eigenvalue weighted by molar-refractivity contribution is 6.00. The van der Waals surface area contributed by atoms with Gasteiger partial charge in [0, 0.05) is 31.6 Å². The van der Waals surface area contributed by atoms with Crippen molar-refractivity contribution in [3.05, 3.63) is 59.2 Å². The van der Waals surface area contributed by atoms with Crippen LogP contribution in [-0.4, -0.2) is 117 Å². The van der Waals surface area contributed by atoms with E-state index in [-0.39, 0.29) is 41.5 Å². The van der Waals surface area contributed by atoms with Gasteiger partial charge in [0.25, 0.3) is 0 Å². The van der Waals surface area contributed by atoms with E-state index < -0.39 is 108 Å². The highest BCUT2D eigenvalue weighted by Crippen LogP contribution is 2.65. The van der Waals surface area contributed by atoms with Gasteiger partial charge in [-0.1, -0.05) is 31.7 Å². The highest BCUT2D eigenvalue weighted by atomic mass is 16.7. The number of esters is 3. The summed E-state index contributed by atoms with van der Waals surface area (Å²) in [5.74, 6) is -3.74. The fraction of sp³-hybridized carbons (Fsp3) is 0.622. The third-order valence-corrected chi connectivity index (χ3v) is 11.3. The minimum absolute atomic E-state index is 0.135. The van der Waals surface area contributed by atoms with Gasteiger partial charge in [0.15, 0.2) is 18.2 Å². The first-order chi connectivity index (χ1) is 23.8. The molecule has 0 unspecified atom stereocenters. The Kier molecular flexibility index (Phi) is 10.7. The first kappa shape index (κ1) is 38.7. The molecule has 5 rings (SSSR count). The van der Waals surface area contributed by atoms with E-state index in [0.29, 0.717) is 0 Å². The standard InChI is InChI=1S/C37H48O14/c1-17-22(41)15-37(35(5,6)46)25(17)30(51-33(45)21-11-9-8-10-12-21)32(48-20(4)40)36(7)14-13-23(18(2)26(36)31(37)47-19(3)39)49-34-29(44)28(43)27(42)24(16-38)50-34/h8-12,23-24,26-32,34,38,42-44,46H,2,13-16H2,1,3-7H3/t23-,24-,26-,27+,28-,29+,30+,31+,32+,34+,36+,37-/m0/s1. The second-order valence-corrected chi connectivity index (χ2v) is 14.8.